The molecule has 2 N–H and O–H groups in total. The molecule has 4 aromatic rings. The molecule has 9 nitrogen and oxygen atoms in total. The number of aryl methyl sites for hydroxylation is 2. The highest BCUT2D eigenvalue weighted by molar-refractivity contribution is 6.34. The lowest BCUT2D eigenvalue weighted by Crippen LogP contribution is -2.50. The van der Waals surface area contributed by atoms with Crippen LogP contribution < -0.4 is 9.64 Å². The van der Waals surface area contributed by atoms with Gasteiger partial charge in [0.05, 0.1) is 27.5 Å². The fourth-order valence-corrected chi connectivity index (χ4v) is 4.37. The topological polar surface area (TPSA) is 103 Å². The van der Waals surface area contributed by atoms with Gasteiger partial charge in [-0.25, -0.2) is 15.0 Å². The van der Waals surface area contributed by atoms with E-state index in [1.807, 2.05) is 30.9 Å². The average Bonchev–Trinajstić information content (AvgIpc) is 3.29. The van der Waals surface area contributed by atoms with Crippen molar-refractivity contribution in [2.75, 3.05) is 31.1 Å². The molecule has 170 valence electrons. The van der Waals surface area contributed by atoms with Crippen LogP contribution >= 0.6 is 11.6 Å². The number of piperazine rings is 1. The number of aromatic nitrogens is 5. The smallest absolute Gasteiger partial charge is 0.246 e. The van der Waals surface area contributed by atoms with Crippen LogP contribution in [0.2, 0.25) is 5.02 Å². The molecule has 0 spiro atoms. The standard InChI is InChI=1S/C23H24ClN7O2/c1-4-18(32)30-5-7-31(8-6-30)22-15-10-14(3)28-23(20(15)25-12-26-22)33-21-16-11-27-29-17(16)9-13(2)19(21)24/h4,9-12,18,32H,1,5-8H2,2-3H3,(H,27,29). The number of H-pyrrole nitrogens is 1. The van der Waals surface area contributed by atoms with Gasteiger partial charge in [-0.1, -0.05) is 18.2 Å². The Morgan fingerprint density at radius 3 is 2.73 bits per heavy atom. The molecule has 0 bridgehead atoms. The molecule has 1 aliphatic heterocycles. The number of nitrogens with one attached hydrogen (secondary N) is 1. The van der Waals surface area contributed by atoms with E-state index in [9.17, 15) is 5.11 Å². The fourth-order valence-electron chi connectivity index (χ4n) is 4.18. The summed E-state index contributed by atoms with van der Waals surface area (Å²) in [6.07, 6.45) is 4.12. The molecular weight excluding hydrogens is 442 g/mol. The quantitative estimate of drug-likeness (QED) is 0.431. The Hall–Kier alpha value is -3.27. The van der Waals surface area contributed by atoms with Gasteiger partial charge in [0.15, 0.2) is 5.75 Å². The van der Waals surface area contributed by atoms with Crippen LogP contribution in [-0.4, -0.2) is 67.6 Å². The first-order valence-electron chi connectivity index (χ1n) is 10.7. The number of pyridine rings is 1. The number of ether oxygens (including phenoxy) is 1. The maximum atomic E-state index is 10.0. The highest BCUT2D eigenvalue weighted by atomic mass is 35.5. The molecule has 1 saturated heterocycles. The van der Waals surface area contributed by atoms with Crippen molar-refractivity contribution in [2.24, 2.45) is 0 Å². The minimum atomic E-state index is -0.639. The van der Waals surface area contributed by atoms with Crippen molar-refractivity contribution in [2.45, 2.75) is 20.1 Å². The summed E-state index contributed by atoms with van der Waals surface area (Å²) in [6.45, 7) is 10.3. The largest absolute Gasteiger partial charge is 0.435 e. The van der Waals surface area contributed by atoms with Crippen LogP contribution in [0.1, 0.15) is 11.3 Å². The molecule has 1 atom stereocenters. The van der Waals surface area contributed by atoms with E-state index < -0.39 is 6.23 Å². The minimum absolute atomic E-state index is 0.365. The number of aliphatic hydroxyl groups is 1. The van der Waals surface area contributed by atoms with Crippen LogP contribution in [0.5, 0.6) is 11.6 Å². The summed E-state index contributed by atoms with van der Waals surface area (Å²) in [4.78, 5) is 17.8. The highest BCUT2D eigenvalue weighted by Crippen LogP contribution is 2.40. The molecule has 0 radical (unpaired) electrons. The Morgan fingerprint density at radius 1 is 1.18 bits per heavy atom. The number of aliphatic hydroxyl groups excluding tert-OH is 1. The van der Waals surface area contributed by atoms with Crippen molar-refractivity contribution >= 4 is 39.2 Å². The molecule has 0 saturated carbocycles. The summed E-state index contributed by atoms with van der Waals surface area (Å²) < 4.78 is 6.30. The maximum Gasteiger partial charge on any atom is 0.246 e. The van der Waals surface area contributed by atoms with Gasteiger partial charge in [0, 0.05) is 31.9 Å². The Bertz CT molecular complexity index is 1350. The van der Waals surface area contributed by atoms with Crippen LogP contribution in [-0.2, 0) is 0 Å². The summed E-state index contributed by atoms with van der Waals surface area (Å²) in [5.74, 6) is 1.67. The summed E-state index contributed by atoms with van der Waals surface area (Å²) in [7, 11) is 0. The molecule has 4 heterocycles. The number of benzene rings is 1. The molecule has 0 aliphatic carbocycles. The molecule has 1 fully saturated rings. The number of hydrogen-bond donors (Lipinski definition) is 2. The first-order chi connectivity index (χ1) is 16.0. The maximum absolute atomic E-state index is 10.0. The van der Waals surface area contributed by atoms with E-state index in [0.29, 0.717) is 48.3 Å². The van der Waals surface area contributed by atoms with E-state index in [2.05, 4.69) is 36.6 Å². The summed E-state index contributed by atoms with van der Waals surface area (Å²) in [5, 5.41) is 19.3. The summed E-state index contributed by atoms with van der Waals surface area (Å²) >= 11 is 6.61. The van der Waals surface area contributed by atoms with Gasteiger partial charge in [-0.2, -0.15) is 5.10 Å². The Kier molecular flexibility index (Phi) is 5.61. The molecule has 0 amide bonds. The van der Waals surface area contributed by atoms with E-state index in [1.165, 1.54) is 6.33 Å². The third-order valence-corrected chi connectivity index (χ3v) is 6.38. The van der Waals surface area contributed by atoms with Gasteiger partial charge in [-0.3, -0.25) is 10.00 Å². The first-order valence-corrected chi connectivity index (χ1v) is 11.1. The molecule has 1 aliphatic rings. The average molecular weight is 466 g/mol. The zero-order chi connectivity index (χ0) is 23.1. The lowest BCUT2D eigenvalue weighted by molar-refractivity contribution is 0.0380. The predicted molar refractivity (Wildman–Crippen MR) is 128 cm³/mol. The Balaban J connectivity index is 1.55. The lowest BCUT2D eigenvalue weighted by atomic mass is 10.1. The number of aromatic amines is 1. The second-order valence-electron chi connectivity index (χ2n) is 8.10. The van der Waals surface area contributed by atoms with E-state index in [-0.39, 0.29) is 0 Å². The van der Waals surface area contributed by atoms with Crippen molar-refractivity contribution in [1.82, 2.24) is 30.0 Å². The monoisotopic (exact) mass is 465 g/mol. The zero-order valence-corrected chi connectivity index (χ0v) is 19.2. The van der Waals surface area contributed by atoms with Crippen LogP contribution in [0, 0.1) is 13.8 Å². The molecule has 33 heavy (non-hydrogen) atoms. The van der Waals surface area contributed by atoms with Gasteiger partial charge in [0.25, 0.3) is 0 Å². The molecular formula is C23H24ClN7O2. The van der Waals surface area contributed by atoms with Crippen molar-refractivity contribution in [1.29, 1.82) is 0 Å². The van der Waals surface area contributed by atoms with Gasteiger partial charge in [0.1, 0.15) is 23.9 Å². The first kappa shape index (κ1) is 21.6. The minimum Gasteiger partial charge on any atom is -0.435 e. The van der Waals surface area contributed by atoms with Crippen LogP contribution in [0.4, 0.5) is 5.82 Å². The van der Waals surface area contributed by atoms with Gasteiger partial charge in [-0.05, 0) is 37.6 Å². The number of rotatable bonds is 5. The van der Waals surface area contributed by atoms with Crippen molar-refractivity contribution < 1.29 is 9.84 Å². The van der Waals surface area contributed by atoms with Gasteiger partial charge in [-0.15, -0.1) is 0 Å². The molecule has 1 unspecified atom stereocenters. The number of nitrogens with zero attached hydrogens (tertiary/aromatic N) is 6. The van der Waals surface area contributed by atoms with E-state index >= 15 is 0 Å². The number of fused-ring (bicyclic) bond motifs is 2. The summed E-state index contributed by atoms with van der Waals surface area (Å²) in [6, 6.07) is 3.90. The van der Waals surface area contributed by atoms with E-state index in [1.54, 1.807) is 12.3 Å². The fraction of sp³-hybridized carbons (Fsp3) is 0.304. The van der Waals surface area contributed by atoms with Crippen molar-refractivity contribution in [3.8, 4) is 11.6 Å². The van der Waals surface area contributed by atoms with Crippen LogP contribution in [0.25, 0.3) is 21.8 Å². The predicted octanol–water partition coefficient (Wildman–Crippen LogP) is 3.59. The van der Waals surface area contributed by atoms with Gasteiger partial charge in [0.2, 0.25) is 5.88 Å². The lowest BCUT2D eigenvalue weighted by Gasteiger charge is -2.37. The third kappa shape index (κ3) is 3.88. The molecule has 3 aromatic heterocycles. The SMILES string of the molecule is C=CC(O)N1CCN(c2ncnc3c(Oc4c(Cl)c(C)cc5[nH]ncc45)nc(C)cc23)CC1. The molecule has 5 rings (SSSR count). The second kappa shape index (κ2) is 8.58. The second-order valence-corrected chi connectivity index (χ2v) is 8.48. The van der Waals surface area contributed by atoms with Gasteiger partial charge < -0.3 is 14.7 Å². The number of anilines is 1. The summed E-state index contributed by atoms with van der Waals surface area (Å²) in [5.41, 5.74) is 3.09. The molecule has 1 aromatic carbocycles. The Morgan fingerprint density at radius 2 is 1.97 bits per heavy atom. The van der Waals surface area contributed by atoms with E-state index in [0.717, 1.165) is 33.4 Å². The third-order valence-electron chi connectivity index (χ3n) is 5.91. The molecule has 10 heteroatoms. The van der Waals surface area contributed by atoms with Crippen LogP contribution in [0.3, 0.4) is 0 Å². The van der Waals surface area contributed by atoms with Crippen molar-refractivity contribution in [3.05, 3.63) is 53.6 Å². The van der Waals surface area contributed by atoms with Crippen LogP contribution in [0.15, 0.2) is 37.3 Å². The Labute approximate surface area is 195 Å². The van der Waals surface area contributed by atoms with Gasteiger partial charge >= 0.3 is 0 Å². The normalized spacial score (nSPS) is 15.8. The number of hydrogen-bond acceptors (Lipinski definition) is 8. The highest BCUT2D eigenvalue weighted by Gasteiger charge is 2.24. The zero-order valence-electron chi connectivity index (χ0n) is 18.4. The van der Waals surface area contributed by atoms with E-state index in [4.69, 9.17) is 16.3 Å². The number of halogens is 1. The van der Waals surface area contributed by atoms with Crippen molar-refractivity contribution in [3.63, 3.8) is 0 Å².